The van der Waals surface area contributed by atoms with E-state index in [2.05, 4.69) is 105 Å². The Balaban J connectivity index is 2.02. The Bertz CT molecular complexity index is 1520. The van der Waals surface area contributed by atoms with Gasteiger partial charge in [0, 0.05) is 10.7 Å². The second-order valence-electron chi connectivity index (χ2n) is 8.12. The van der Waals surface area contributed by atoms with Crippen molar-refractivity contribution >= 4 is 59.4 Å². The van der Waals surface area contributed by atoms with Crippen molar-refractivity contribution in [3.05, 3.63) is 108 Å². The molecule has 4 heteroatoms. The van der Waals surface area contributed by atoms with Gasteiger partial charge in [0.1, 0.15) is 0 Å². The van der Waals surface area contributed by atoms with Crippen LogP contribution in [0.5, 0.6) is 0 Å². The van der Waals surface area contributed by atoms with E-state index in [-0.39, 0.29) is 5.97 Å². The van der Waals surface area contributed by atoms with Crippen molar-refractivity contribution < 1.29 is 9.53 Å². The number of rotatable bonds is 5. The second-order valence-corrected chi connectivity index (χ2v) is 9.24. The number of hydrogen-bond acceptors (Lipinski definition) is 2. The van der Waals surface area contributed by atoms with E-state index >= 15 is 0 Å². The van der Waals surface area contributed by atoms with Gasteiger partial charge in [-0.15, -0.1) is 0 Å². The molecule has 34 heavy (non-hydrogen) atoms. The van der Waals surface area contributed by atoms with Gasteiger partial charge in [0.05, 0.1) is 12.7 Å². The maximum Gasteiger partial charge on any atom is 0.338 e. The average molecular weight is 574 g/mol. The van der Waals surface area contributed by atoms with E-state index < -0.39 is 0 Å². The lowest BCUT2D eigenvalue weighted by atomic mass is 9.83. The summed E-state index contributed by atoms with van der Waals surface area (Å²) in [6, 6.07) is 31.4. The molecule has 0 heterocycles. The lowest BCUT2D eigenvalue weighted by molar-refractivity contribution is 0.0600. The Hall–Kier alpha value is -2.95. The SMILES string of the molecule is COC(=O)c1cc2ccccc2c(-c2c(CBr)c(-c3ccccc3)cc3ccccc23)c1CBr. The van der Waals surface area contributed by atoms with Gasteiger partial charge < -0.3 is 4.74 Å². The third kappa shape index (κ3) is 3.85. The van der Waals surface area contributed by atoms with Gasteiger partial charge in [-0.25, -0.2) is 4.79 Å². The molecule has 0 spiro atoms. The fourth-order valence-corrected chi connectivity index (χ4v) is 5.96. The molecule has 5 aromatic carbocycles. The monoisotopic (exact) mass is 572 g/mol. The molecule has 168 valence electrons. The molecule has 0 aromatic heterocycles. The van der Waals surface area contributed by atoms with Gasteiger partial charge in [-0.05, 0) is 67.1 Å². The van der Waals surface area contributed by atoms with E-state index in [4.69, 9.17) is 4.74 Å². The predicted octanol–water partition coefficient (Wildman–Crippen LogP) is 8.90. The van der Waals surface area contributed by atoms with Crippen molar-refractivity contribution in [2.75, 3.05) is 7.11 Å². The summed E-state index contributed by atoms with van der Waals surface area (Å²) in [4.78, 5) is 12.9. The molecule has 0 bridgehead atoms. The standard InChI is InChI=1S/C30H22Br2O2/c1-34-30(33)25-16-21-12-6-8-14-23(21)29(27(25)18-32)28-22-13-7-5-11-20(22)15-24(26(28)17-31)19-9-3-2-4-10-19/h2-16H,17-18H2,1H3. The molecule has 0 radical (unpaired) electrons. The van der Waals surface area contributed by atoms with Crippen LogP contribution in [0.3, 0.4) is 0 Å². The fraction of sp³-hybridized carbons (Fsp3) is 0.100. The minimum absolute atomic E-state index is 0.328. The summed E-state index contributed by atoms with van der Waals surface area (Å²) in [5.74, 6) is -0.328. The normalized spacial score (nSPS) is 11.1. The summed E-state index contributed by atoms with van der Waals surface area (Å²) in [7, 11) is 1.44. The van der Waals surface area contributed by atoms with Crippen LogP contribution in [0.2, 0.25) is 0 Å². The highest BCUT2D eigenvalue weighted by atomic mass is 79.9. The second kappa shape index (κ2) is 9.73. The number of ether oxygens (including phenoxy) is 1. The van der Waals surface area contributed by atoms with Crippen molar-refractivity contribution in [3.63, 3.8) is 0 Å². The summed E-state index contributed by atoms with van der Waals surface area (Å²) in [5.41, 5.74) is 7.27. The van der Waals surface area contributed by atoms with Gasteiger partial charge in [0.15, 0.2) is 0 Å². The molecule has 0 atom stereocenters. The largest absolute Gasteiger partial charge is 0.465 e. The minimum Gasteiger partial charge on any atom is -0.465 e. The van der Waals surface area contributed by atoms with Crippen molar-refractivity contribution in [1.29, 1.82) is 0 Å². The first kappa shape index (κ1) is 22.8. The number of carbonyl (C=O) groups excluding carboxylic acids is 1. The topological polar surface area (TPSA) is 26.3 Å². The molecule has 0 aliphatic carbocycles. The fourth-order valence-electron chi connectivity index (χ4n) is 4.80. The Morgan fingerprint density at radius 1 is 0.706 bits per heavy atom. The van der Waals surface area contributed by atoms with Crippen molar-refractivity contribution in [1.82, 2.24) is 0 Å². The van der Waals surface area contributed by atoms with Crippen LogP contribution in [0.15, 0.2) is 91.0 Å². The van der Waals surface area contributed by atoms with E-state index in [1.165, 1.54) is 18.2 Å². The van der Waals surface area contributed by atoms with Crippen LogP contribution in [0.25, 0.3) is 43.8 Å². The summed E-state index contributed by atoms with van der Waals surface area (Å²) in [6.45, 7) is 0. The Morgan fingerprint density at radius 2 is 1.24 bits per heavy atom. The summed E-state index contributed by atoms with van der Waals surface area (Å²) >= 11 is 7.50. The zero-order valence-corrected chi connectivity index (χ0v) is 21.8. The zero-order valence-electron chi connectivity index (χ0n) is 18.6. The lowest BCUT2D eigenvalue weighted by Crippen LogP contribution is -2.08. The molecule has 0 aliphatic heterocycles. The maximum atomic E-state index is 12.9. The molecule has 0 saturated carbocycles. The number of alkyl halides is 2. The molecular weight excluding hydrogens is 552 g/mol. The van der Waals surface area contributed by atoms with E-state index in [9.17, 15) is 4.79 Å². The summed E-state index contributed by atoms with van der Waals surface area (Å²) in [5, 5.41) is 5.65. The van der Waals surface area contributed by atoms with Gasteiger partial charge in [-0.1, -0.05) is 111 Å². The molecule has 5 rings (SSSR count). The van der Waals surface area contributed by atoms with E-state index in [1.807, 2.05) is 18.2 Å². The van der Waals surface area contributed by atoms with Crippen LogP contribution >= 0.6 is 31.9 Å². The third-order valence-electron chi connectivity index (χ3n) is 6.32. The molecule has 0 saturated heterocycles. The first-order chi connectivity index (χ1) is 16.7. The molecular formula is C30H22Br2O2. The number of fused-ring (bicyclic) bond motifs is 2. The van der Waals surface area contributed by atoms with E-state index in [0.717, 1.165) is 43.8 Å². The highest BCUT2D eigenvalue weighted by Gasteiger charge is 2.24. The predicted molar refractivity (Wildman–Crippen MR) is 149 cm³/mol. The van der Waals surface area contributed by atoms with Gasteiger partial charge in [0.2, 0.25) is 0 Å². The third-order valence-corrected chi connectivity index (χ3v) is 7.44. The zero-order chi connectivity index (χ0) is 23.7. The van der Waals surface area contributed by atoms with Crippen molar-refractivity contribution in [2.45, 2.75) is 10.7 Å². The van der Waals surface area contributed by atoms with Crippen LogP contribution in [0.1, 0.15) is 21.5 Å². The number of esters is 1. The summed E-state index contributed by atoms with van der Waals surface area (Å²) in [6.07, 6.45) is 0. The van der Waals surface area contributed by atoms with Gasteiger partial charge in [0.25, 0.3) is 0 Å². The number of halogens is 2. The molecule has 0 amide bonds. The Morgan fingerprint density at radius 3 is 1.82 bits per heavy atom. The number of benzene rings is 5. The van der Waals surface area contributed by atoms with Gasteiger partial charge in [-0.3, -0.25) is 0 Å². The molecule has 5 aromatic rings. The number of carbonyl (C=O) groups is 1. The van der Waals surface area contributed by atoms with Crippen molar-refractivity contribution in [3.8, 4) is 22.3 Å². The first-order valence-corrected chi connectivity index (χ1v) is 13.3. The maximum absolute atomic E-state index is 12.9. The van der Waals surface area contributed by atoms with Crippen molar-refractivity contribution in [2.24, 2.45) is 0 Å². The van der Waals surface area contributed by atoms with Gasteiger partial charge in [-0.2, -0.15) is 0 Å². The average Bonchev–Trinajstić information content (AvgIpc) is 2.90. The van der Waals surface area contributed by atoms with Crippen LogP contribution in [-0.4, -0.2) is 13.1 Å². The Labute approximate surface area is 215 Å². The van der Waals surface area contributed by atoms with Crippen LogP contribution in [0.4, 0.5) is 0 Å². The van der Waals surface area contributed by atoms with Gasteiger partial charge >= 0.3 is 5.97 Å². The molecule has 0 aliphatic rings. The molecule has 0 fully saturated rings. The summed E-state index contributed by atoms with van der Waals surface area (Å²) < 4.78 is 5.19. The first-order valence-electron chi connectivity index (χ1n) is 11.0. The molecule has 0 unspecified atom stereocenters. The highest BCUT2D eigenvalue weighted by Crippen LogP contribution is 2.45. The quantitative estimate of drug-likeness (QED) is 0.155. The molecule has 2 nitrogen and oxygen atoms in total. The Kier molecular flexibility index (Phi) is 6.53. The molecule has 0 N–H and O–H groups in total. The van der Waals surface area contributed by atoms with Crippen LogP contribution in [-0.2, 0) is 15.4 Å². The van der Waals surface area contributed by atoms with Crippen LogP contribution in [0, 0.1) is 0 Å². The van der Waals surface area contributed by atoms with Crippen LogP contribution < -0.4 is 0 Å². The van der Waals surface area contributed by atoms with E-state index in [1.54, 1.807) is 0 Å². The number of hydrogen-bond donors (Lipinski definition) is 0. The number of methoxy groups -OCH3 is 1. The smallest absolute Gasteiger partial charge is 0.338 e. The lowest BCUT2D eigenvalue weighted by Gasteiger charge is -2.22. The minimum atomic E-state index is -0.328. The highest BCUT2D eigenvalue weighted by molar-refractivity contribution is 9.08. The van der Waals surface area contributed by atoms with E-state index in [0.29, 0.717) is 16.2 Å².